The van der Waals surface area contributed by atoms with Gasteiger partial charge in [-0.1, -0.05) is 48.5 Å². The Bertz CT molecular complexity index is 1060. The van der Waals surface area contributed by atoms with Crippen molar-refractivity contribution in [1.29, 1.82) is 0 Å². The van der Waals surface area contributed by atoms with E-state index in [-0.39, 0.29) is 0 Å². The SMILES string of the molecule is CCn1c(-c2ccccc2)c(N=Nc2scc[n+]2CC)c2ccccc21. The molecule has 2 heterocycles. The second-order valence-corrected chi connectivity index (χ2v) is 6.87. The van der Waals surface area contributed by atoms with Crippen LogP contribution < -0.4 is 4.57 Å². The van der Waals surface area contributed by atoms with Crippen LogP contribution in [0.15, 0.2) is 76.4 Å². The first-order chi connectivity index (χ1) is 12.8. The third kappa shape index (κ3) is 2.84. The normalized spacial score (nSPS) is 11.6. The molecule has 0 aliphatic rings. The number of azo groups is 1. The Labute approximate surface area is 157 Å². The molecule has 0 bridgehead atoms. The van der Waals surface area contributed by atoms with Gasteiger partial charge in [0.2, 0.25) is 0 Å². The largest absolute Gasteiger partial charge is 0.408 e. The maximum absolute atomic E-state index is 4.72. The zero-order chi connectivity index (χ0) is 17.9. The molecule has 0 saturated carbocycles. The van der Waals surface area contributed by atoms with E-state index in [1.54, 1.807) is 11.3 Å². The number of nitrogens with zero attached hydrogens (tertiary/aromatic N) is 4. The van der Waals surface area contributed by atoms with E-state index in [0.29, 0.717) is 0 Å². The van der Waals surface area contributed by atoms with E-state index < -0.39 is 0 Å². The molecule has 0 N–H and O–H groups in total. The summed E-state index contributed by atoms with van der Waals surface area (Å²) in [5.74, 6) is 0. The van der Waals surface area contributed by atoms with Crippen LogP contribution in [-0.2, 0) is 13.1 Å². The molecule has 4 aromatic rings. The Kier molecular flexibility index (Phi) is 4.63. The Balaban J connectivity index is 1.95. The van der Waals surface area contributed by atoms with Crippen LogP contribution in [0.5, 0.6) is 0 Å². The van der Waals surface area contributed by atoms with E-state index in [0.717, 1.165) is 40.6 Å². The average molecular weight is 361 g/mol. The van der Waals surface area contributed by atoms with Gasteiger partial charge in [-0.25, -0.2) is 4.57 Å². The van der Waals surface area contributed by atoms with Crippen molar-refractivity contribution >= 4 is 33.1 Å². The number of thiazole rings is 1. The molecule has 4 nitrogen and oxygen atoms in total. The Morgan fingerprint density at radius 2 is 1.73 bits per heavy atom. The third-order valence-electron chi connectivity index (χ3n) is 4.54. The minimum absolute atomic E-state index is 0.883. The summed E-state index contributed by atoms with van der Waals surface area (Å²) in [5.41, 5.74) is 4.41. The molecule has 0 amide bonds. The first-order valence-corrected chi connectivity index (χ1v) is 9.76. The summed E-state index contributed by atoms with van der Waals surface area (Å²) in [6.07, 6.45) is 2.05. The lowest BCUT2D eigenvalue weighted by molar-refractivity contribution is -0.676. The maximum Gasteiger partial charge on any atom is 0.408 e. The molecule has 0 atom stereocenters. The number of hydrogen-bond acceptors (Lipinski definition) is 3. The highest BCUT2D eigenvalue weighted by Gasteiger charge is 2.20. The van der Waals surface area contributed by atoms with Crippen molar-refractivity contribution in [2.45, 2.75) is 26.9 Å². The van der Waals surface area contributed by atoms with Gasteiger partial charge < -0.3 is 4.57 Å². The van der Waals surface area contributed by atoms with Crippen LogP contribution in [0.1, 0.15) is 13.8 Å². The summed E-state index contributed by atoms with van der Waals surface area (Å²) in [4.78, 5) is 0. The molecule has 0 fully saturated rings. The minimum atomic E-state index is 0.883. The summed E-state index contributed by atoms with van der Waals surface area (Å²) >= 11 is 1.61. The van der Waals surface area contributed by atoms with Gasteiger partial charge in [-0.3, -0.25) is 0 Å². The van der Waals surface area contributed by atoms with Crippen LogP contribution in [0.2, 0.25) is 0 Å². The average Bonchev–Trinajstić information content (AvgIpc) is 3.28. The van der Waals surface area contributed by atoms with Crippen molar-refractivity contribution in [3.05, 3.63) is 66.2 Å². The summed E-state index contributed by atoms with van der Waals surface area (Å²) in [6.45, 7) is 6.06. The molecule has 0 saturated heterocycles. The maximum atomic E-state index is 4.72. The van der Waals surface area contributed by atoms with Crippen LogP contribution in [0, 0.1) is 0 Å². The van der Waals surface area contributed by atoms with Crippen molar-refractivity contribution in [3.8, 4) is 11.3 Å². The first-order valence-electron chi connectivity index (χ1n) is 8.88. The fourth-order valence-corrected chi connectivity index (χ4v) is 4.06. The van der Waals surface area contributed by atoms with Crippen molar-refractivity contribution < 1.29 is 4.57 Å². The van der Waals surface area contributed by atoms with Crippen molar-refractivity contribution in [2.24, 2.45) is 10.2 Å². The summed E-state index contributed by atoms with van der Waals surface area (Å²) < 4.78 is 4.43. The van der Waals surface area contributed by atoms with Gasteiger partial charge >= 0.3 is 5.13 Å². The van der Waals surface area contributed by atoms with Gasteiger partial charge in [0.05, 0.1) is 22.9 Å². The monoisotopic (exact) mass is 361 g/mol. The molecule has 0 spiro atoms. The fourth-order valence-electron chi connectivity index (χ4n) is 3.31. The van der Waals surface area contributed by atoms with E-state index in [4.69, 9.17) is 5.11 Å². The minimum Gasteiger partial charge on any atom is -0.339 e. The molecule has 2 aromatic heterocycles. The van der Waals surface area contributed by atoms with Crippen LogP contribution in [0.25, 0.3) is 22.2 Å². The number of hydrogen-bond donors (Lipinski definition) is 0. The number of aromatic nitrogens is 2. The molecular formula is C21H21N4S+. The van der Waals surface area contributed by atoms with Crippen LogP contribution in [-0.4, -0.2) is 4.57 Å². The number of fused-ring (bicyclic) bond motifs is 1. The van der Waals surface area contributed by atoms with Crippen LogP contribution in [0.4, 0.5) is 10.8 Å². The van der Waals surface area contributed by atoms with Gasteiger partial charge in [0.25, 0.3) is 0 Å². The lowest BCUT2D eigenvalue weighted by atomic mass is 10.1. The van der Waals surface area contributed by atoms with Gasteiger partial charge in [-0.15, -0.1) is 0 Å². The standard InChI is InChI=1S/C21H21N4S/c1-3-24-14-15-26-21(24)23-22-19-17-12-8-9-13-18(17)25(4-2)20(19)16-10-6-5-7-11-16/h5-15H,3-4H2,1-2H3/q+1. The van der Waals surface area contributed by atoms with Crippen LogP contribution in [0.3, 0.4) is 0 Å². The zero-order valence-electron chi connectivity index (χ0n) is 15.0. The topological polar surface area (TPSA) is 33.5 Å². The first kappa shape index (κ1) is 16.7. The molecule has 2 aromatic carbocycles. The highest BCUT2D eigenvalue weighted by atomic mass is 32.1. The Hall–Kier alpha value is -2.79. The Morgan fingerprint density at radius 3 is 2.50 bits per heavy atom. The molecule has 130 valence electrons. The smallest absolute Gasteiger partial charge is 0.339 e. The van der Waals surface area contributed by atoms with Gasteiger partial charge in [-0.05, 0) is 36.4 Å². The predicted octanol–water partition coefficient (Wildman–Crippen LogP) is 6.11. The number of para-hydroxylation sites is 1. The molecule has 0 aliphatic heterocycles. The summed E-state index contributed by atoms with van der Waals surface area (Å²) in [5, 5.41) is 13.4. The second kappa shape index (κ2) is 7.22. The molecule has 0 aliphatic carbocycles. The zero-order valence-corrected chi connectivity index (χ0v) is 15.8. The second-order valence-electron chi connectivity index (χ2n) is 6.00. The molecule has 5 heteroatoms. The molecule has 4 rings (SSSR count). The van der Waals surface area contributed by atoms with E-state index >= 15 is 0 Å². The molecular weight excluding hydrogens is 340 g/mol. The molecule has 0 unspecified atom stereocenters. The van der Waals surface area contributed by atoms with E-state index in [9.17, 15) is 0 Å². The summed E-state index contributed by atoms with van der Waals surface area (Å²) in [6, 6.07) is 18.9. The number of aryl methyl sites for hydroxylation is 2. The highest BCUT2D eigenvalue weighted by molar-refractivity contribution is 7.12. The summed E-state index contributed by atoms with van der Waals surface area (Å²) in [7, 11) is 0. The lowest BCUT2D eigenvalue weighted by Crippen LogP contribution is -2.28. The van der Waals surface area contributed by atoms with E-state index in [1.807, 2.05) is 17.6 Å². The number of benzene rings is 2. The lowest BCUT2D eigenvalue weighted by Gasteiger charge is -2.08. The number of rotatable bonds is 5. The fraction of sp³-hybridized carbons (Fsp3) is 0.190. The van der Waals surface area contributed by atoms with Gasteiger partial charge in [0.15, 0.2) is 0 Å². The third-order valence-corrected chi connectivity index (χ3v) is 5.33. The van der Waals surface area contributed by atoms with Gasteiger partial charge in [0.1, 0.15) is 11.9 Å². The van der Waals surface area contributed by atoms with E-state index in [1.165, 1.54) is 5.52 Å². The van der Waals surface area contributed by atoms with Gasteiger partial charge in [0, 0.05) is 22.9 Å². The molecule has 0 radical (unpaired) electrons. The van der Waals surface area contributed by atoms with Crippen molar-refractivity contribution in [3.63, 3.8) is 0 Å². The van der Waals surface area contributed by atoms with Crippen molar-refractivity contribution in [2.75, 3.05) is 0 Å². The van der Waals surface area contributed by atoms with Gasteiger partial charge in [-0.2, -0.15) is 0 Å². The van der Waals surface area contributed by atoms with Crippen molar-refractivity contribution in [1.82, 2.24) is 4.57 Å². The quantitative estimate of drug-likeness (QED) is 0.303. The highest BCUT2D eigenvalue weighted by Crippen LogP contribution is 2.40. The van der Waals surface area contributed by atoms with E-state index in [2.05, 4.69) is 76.6 Å². The predicted molar refractivity (Wildman–Crippen MR) is 107 cm³/mol. The van der Waals surface area contributed by atoms with Crippen LogP contribution >= 0.6 is 11.3 Å². The Morgan fingerprint density at radius 1 is 0.962 bits per heavy atom. The molecule has 26 heavy (non-hydrogen) atoms.